The van der Waals surface area contributed by atoms with Gasteiger partial charge in [-0.05, 0) is 30.5 Å². The molecule has 96 valence electrons. The van der Waals surface area contributed by atoms with Gasteiger partial charge in [0.05, 0.1) is 12.2 Å². The molecule has 1 aromatic heterocycles. The zero-order valence-electron chi connectivity index (χ0n) is 10.4. The van der Waals surface area contributed by atoms with Crippen molar-refractivity contribution >= 4 is 0 Å². The first-order valence-corrected chi connectivity index (χ1v) is 6.36. The predicted octanol–water partition coefficient (Wildman–Crippen LogP) is 2.60. The molecule has 0 aliphatic heterocycles. The SMILES string of the molecule is N#Cc1nnn(Cc2cccc(F)c2)c1C1CCC1. The van der Waals surface area contributed by atoms with Crippen LogP contribution in [0.1, 0.15) is 42.1 Å². The van der Waals surface area contributed by atoms with Gasteiger partial charge in [-0.1, -0.05) is 23.8 Å². The first kappa shape index (κ1) is 11.8. The number of nitriles is 1. The van der Waals surface area contributed by atoms with Crippen LogP contribution in [0.3, 0.4) is 0 Å². The minimum Gasteiger partial charge on any atom is -0.243 e. The number of hydrogen-bond donors (Lipinski definition) is 0. The molecule has 5 heteroatoms. The van der Waals surface area contributed by atoms with Crippen molar-refractivity contribution in [1.29, 1.82) is 5.26 Å². The molecule has 0 N–H and O–H groups in total. The third-order valence-electron chi connectivity index (χ3n) is 3.59. The van der Waals surface area contributed by atoms with Gasteiger partial charge in [-0.25, -0.2) is 9.07 Å². The van der Waals surface area contributed by atoms with Crippen LogP contribution in [0.5, 0.6) is 0 Å². The maximum Gasteiger partial charge on any atom is 0.186 e. The lowest BCUT2D eigenvalue weighted by molar-refractivity contribution is 0.391. The van der Waals surface area contributed by atoms with Crippen LogP contribution in [0, 0.1) is 17.1 Å². The summed E-state index contributed by atoms with van der Waals surface area (Å²) in [5, 5.41) is 17.0. The van der Waals surface area contributed by atoms with E-state index in [9.17, 15) is 4.39 Å². The van der Waals surface area contributed by atoms with E-state index < -0.39 is 0 Å². The molecule has 1 fully saturated rings. The van der Waals surface area contributed by atoms with Crippen molar-refractivity contribution in [2.24, 2.45) is 0 Å². The van der Waals surface area contributed by atoms with Crippen molar-refractivity contribution in [3.63, 3.8) is 0 Å². The molecular formula is C14H13FN4. The minimum absolute atomic E-state index is 0.261. The highest BCUT2D eigenvalue weighted by Gasteiger charge is 2.27. The normalized spacial score (nSPS) is 14.9. The lowest BCUT2D eigenvalue weighted by Crippen LogP contribution is -2.17. The summed E-state index contributed by atoms with van der Waals surface area (Å²) in [6.45, 7) is 0.457. The van der Waals surface area contributed by atoms with Gasteiger partial charge in [-0.2, -0.15) is 5.26 Å². The van der Waals surface area contributed by atoms with Crippen LogP contribution in [-0.4, -0.2) is 15.0 Å². The van der Waals surface area contributed by atoms with Gasteiger partial charge < -0.3 is 0 Å². The molecule has 0 saturated heterocycles. The molecule has 3 rings (SSSR count). The molecule has 0 bridgehead atoms. The third kappa shape index (κ3) is 2.22. The van der Waals surface area contributed by atoms with E-state index in [0.29, 0.717) is 18.2 Å². The van der Waals surface area contributed by atoms with E-state index in [-0.39, 0.29) is 5.82 Å². The predicted molar refractivity (Wildman–Crippen MR) is 66.8 cm³/mol. The fourth-order valence-corrected chi connectivity index (χ4v) is 2.41. The van der Waals surface area contributed by atoms with Crippen LogP contribution < -0.4 is 0 Å². The van der Waals surface area contributed by atoms with E-state index in [1.165, 1.54) is 18.6 Å². The Labute approximate surface area is 110 Å². The van der Waals surface area contributed by atoms with Crippen LogP contribution in [0.15, 0.2) is 24.3 Å². The lowest BCUT2D eigenvalue weighted by atomic mass is 9.82. The summed E-state index contributed by atoms with van der Waals surface area (Å²) in [7, 11) is 0. The van der Waals surface area contributed by atoms with Gasteiger partial charge in [0, 0.05) is 5.92 Å². The molecule has 0 amide bonds. The van der Waals surface area contributed by atoms with Gasteiger partial charge in [-0.3, -0.25) is 0 Å². The Morgan fingerprint density at radius 3 is 2.89 bits per heavy atom. The summed E-state index contributed by atoms with van der Waals surface area (Å²) in [4.78, 5) is 0. The quantitative estimate of drug-likeness (QED) is 0.848. The minimum atomic E-state index is -0.261. The zero-order chi connectivity index (χ0) is 13.2. The molecule has 0 spiro atoms. The van der Waals surface area contributed by atoms with Crippen LogP contribution >= 0.6 is 0 Å². The Bertz CT molecular complexity index is 637. The van der Waals surface area contributed by atoms with Gasteiger partial charge in [0.1, 0.15) is 11.9 Å². The number of aromatic nitrogens is 3. The molecule has 1 saturated carbocycles. The number of halogens is 1. The van der Waals surface area contributed by atoms with E-state index >= 15 is 0 Å². The van der Waals surface area contributed by atoms with Crippen LogP contribution in [-0.2, 0) is 6.54 Å². The fourth-order valence-electron chi connectivity index (χ4n) is 2.41. The summed E-state index contributed by atoms with van der Waals surface area (Å²) in [6, 6.07) is 8.52. The van der Waals surface area contributed by atoms with Crippen LogP contribution in [0.25, 0.3) is 0 Å². The van der Waals surface area contributed by atoms with Gasteiger partial charge in [0.15, 0.2) is 5.69 Å². The smallest absolute Gasteiger partial charge is 0.186 e. The number of rotatable bonds is 3. The monoisotopic (exact) mass is 256 g/mol. The summed E-state index contributed by atoms with van der Waals surface area (Å²) in [6.07, 6.45) is 3.33. The molecule has 1 aromatic carbocycles. The maximum absolute atomic E-state index is 13.2. The second kappa shape index (κ2) is 4.81. The van der Waals surface area contributed by atoms with Gasteiger partial charge in [-0.15, -0.1) is 5.10 Å². The van der Waals surface area contributed by atoms with Gasteiger partial charge in [0.25, 0.3) is 0 Å². The molecule has 1 aliphatic rings. The Kier molecular flexibility index (Phi) is 3.00. The molecule has 19 heavy (non-hydrogen) atoms. The van der Waals surface area contributed by atoms with Crippen molar-refractivity contribution in [3.05, 3.63) is 47.0 Å². The molecule has 1 aliphatic carbocycles. The van der Waals surface area contributed by atoms with Gasteiger partial charge >= 0.3 is 0 Å². The Morgan fingerprint density at radius 2 is 2.26 bits per heavy atom. The topological polar surface area (TPSA) is 54.5 Å². The summed E-state index contributed by atoms with van der Waals surface area (Å²) in [5.41, 5.74) is 2.13. The summed E-state index contributed by atoms with van der Waals surface area (Å²) >= 11 is 0. The Morgan fingerprint density at radius 1 is 1.42 bits per heavy atom. The second-order valence-corrected chi connectivity index (χ2v) is 4.85. The lowest BCUT2D eigenvalue weighted by Gasteiger charge is -2.25. The molecule has 0 radical (unpaired) electrons. The summed E-state index contributed by atoms with van der Waals surface area (Å²) in [5.74, 6) is 0.113. The molecule has 0 atom stereocenters. The van der Waals surface area contributed by atoms with Crippen molar-refractivity contribution < 1.29 is 4.39 Å². The zero-order valence-corrected chi connectivity index (χ0v) is 10.4. The van der Waals surface area contributed by atoms with Gasteiger partial charge in [0.2, 0.25) is 0 Å². The maximum atomic E-state index is 13.2. The number of nitrogens with zero attached hydrogens (tertiary/aromatic N) is 4. The Balaban J connectivity index is 1.92. The first-order valence-electron chi connectivity index (χ1n) is 6.36. The van der Waals surface area contributed by atoms with Crippen molar-refractivity contribution in [3.8, 4) is 6.07 Å². The molecular weight excluding hydrogens is 243 g/mol. The Hall–Kier alpha value is -2.22. The average molecular weight is 256 g/mol. The molecule has 0 unspecified atom stereocenters. The van der Waals surface area contributed by atoms with Crippen LogP contribution in [0.4, 0.5) is 4.39 Å². The highest BCUT2D eigenvalue weighted by molar-refractivity contribution is 5.30. The molecule has 4 nitrogen and oxygen atoms in total. The average Bonchev–Trinajstić information content (AvgIpc) is 2.70. The van der Waals surface area contributed by atoms with Crippen molar-refractivity contribution in [1.82, 2.24) is 15.0 Å². The van der Waals surface area contributed by atoms with Crippen LogP contribution in [0.2, 0.25) is 0 Å². The third-order valence-corrected chi connectivity index (χ3v) is 3.59. The first-order chi connectivity index (χ1) is 9.28. The van der Waals surface area contributed by atoms with E-state index in [1.54, 1.807) is 10.7 Å². The highest BCUT2D eigenvalue weighted by Crippen LogP contribution is 2.37. The van der Waals surface area contributed by atoms with E-state index in [2.05, 4.69) is 16.4 Å². The molecule has 1 heterocycles. The van der Waals surface area contributed by atoms with Crippen molar-refractivity contribution in [2.75, 3.05) is 0 Å². The van der Waals surface area contributed by atoms with E-state index in [4.69, 9.17) is 5.26 Å². The largest absolute Gasteiger partial charge is 0.243 e. The number of benzene rings is 1. The number of hydrogen-bond acceptors (Lipinski definition) is 3. The second-order valence-electron chi connectivity index (χ2n) is 4.85. The van der Waals surface area contributed by atoms with E-state index in [0.717, 1.165) is 24.1 Å². The van der Waals surface area contributed by atoms with Crippen molar-refractivity contribution in [2.45, 2.75) is 31.7 Å². The standard InChI is InChI=1S/C14H13FN4/c15-12-6-1-3-10(7-12)9-19-14(11-4-2-5-11)13(8-16)17-18-19/h1,3,6-7,11H,2,4-5,9H2. The van der Waals surface area contributed by atoms with E-state index in [1.807, 2.05) is 6.07 Å². The fraction of sp³-hybridized carbons (Fsp3) is 0.357. The summed E-state index contributed by atoms with van der Waals surface area (Å²) < 4.78 is 14.9. The highest BCUT2D eigenvalue weighted by atomic mass is 19.1. The molecule has 2 aromatic rings.